The van der Waals surface area contributed by atoms with Gasteiger partial charge >= 0.3 is 0 Å². The predicted octanol–water partition coefficient (Wildman–Crippen LogP) is 3.28. The van der Waals surface area contributed by atoms with Crippen molar-refractivity contribution in [3.05, 3.63) is 0 Å². The van der Waals surface area contributed by atoms with Crippen molar-refractivity contribution in [1.82, 2.24) is 10.2 Å². The Kier molecular flexibility index (Phi) is 5.94. The van der Waals surface area contributed by atoms with Crippen LogP contribution in [0.2, 0.25) is 0 Å². The molecule has 2 unspecified atom stereocenters. The summed E-state index contributed by atoms with van der Waals surface area (Å²) in [5.41, 5.74) is 0.433. The molecule has 17 heavy (non-hydrogen) atoms. The first kappa shape index (κ1) is 15.0. The quantitative estimate of drug-likeness (QED) is 0.735. The zero-order valence-corrected chi connectivity index (χ0v) is 12.6. The molecule has 2 nitrogen and oxygen atoms in total. The maximum absolute atomic E-state index is 3.62. The minimum Gasteiger partial charge on any atom is -0.314 e. The highest BCUT2D eigenvalue weighted by Gasteiger charge is 2.30. The molecule has 1 saturated heterocycles. The van der Waals surface area contributed by atoms with Crippen LogP contribution in [0, 0.1) is 5.41 Å². The van der Waals surface area contributed by atoms with Crippen molar-refractivity contribution in [2.24, 2.45) is 5.41 Å². The largest absolute Gasteiger partial charge is 0.314 e. The molecule has 0 aromatic heterocycles. The molecule has 0 spiro atoms. The van der Waals surface area contributed by atoms with Crippen molar-refractivity contribution in [2.75, 3.05) is 19.6 Å². The molecule has 2 heteroatoms. The Morgan fingerprint density at radius 3 is 2.59 bits per heavy atom. The summed E-state index contributed by atoms with van der Waals surface area (Å²) < 4.78 is 0. The van der Waals surface area contributed by atoms with Crippen molar-refractivity contribution in [3.63, 3.8) is 0 Å². The summed E-state index contributed by atoms with van der Waals surface area (Å²) in [6.07, 6.45) is 5.39. The number of nitrogens with one attached hydrogen (secondary N) is 1. The van der Waals surface area contributed by atoms with Crippen LogP contribution in [0.5, 0.6) is 0 Å². The number of likely N-dealkylation sites (tertiary alicyclic amines) is 1. The fourth-order valence-corrected chi connectivity index (χ4v) is 2.80. The van der Waals surface area contributed by atoms with Crippen LogP contribution in [0.15, 0.2) is 0 Å². The average Bonchev–Trinajstić information content (AvgIpc) is 2.73. The number of hydrogen-bond acceptors (Lipinski definition) is 2. The van der Waals surface area contributed by atoms with Crippen LogP contribution in [0.1, 0.15) is 60.3 Å². The van der Waals surface area contributed by atoms with Gasteiger partial charge in [-0.15, -0.1) is 0 Å². The van der Waals surface area contributed by atoms with Gasteiger partial charge < -0.3 is 5.32 Å². The SMILES string of the molecule is CCC1CCCN1CC(C)(CC)CNC(C)C. The topological polar surface area (TPSA) is 15.3 Å². The summed E-state index contributed by atoms with van der Waals surface area (Å²) in [6, 6.07) is 1.45. The normalized spacial score (nSPS) is 25.4. The Morgan fingerprint density at radius 2 is 2.06 bits per heavy atom. The number of rotatable bonds is 7. The van der Waals surface area contributed by atoms with E-state index in [2.05, 4.69) is 44.8 Å². The highest BCUT2D eigenvalue weighted by molar-refractivity contribution is 4.86. The van der Waals surface area contributed by atoms with Gasteiger partial charge in [0.25, 0.3) is 0 Å². The lowest BCUT2D eigenvalue weighted by Gasteiger charge is -2.36. The summed E-state index contributed by atoms with van der Waals surface area (Å²) in [7, 11) is 0. The van der Waals surface area contributed by atoms with Crippen molar-refractivity contribution in [1.29, 1.82) is 0 Å². The van der Waals surface area contributed by atoms with E-state index in [4.69, 9.17) is 0 Å². The molecule has 1 heterocycles. The van der Waals surface area contributed by atoms with Crippen LogP contribution in [0.3, 0.4) is 0 Å². The van der Waals surface area contributed by atoms with Crippen LogP contribution in [-0.4, -0.2) is 36.6 Å². The molecule has 0 amide bonds. The Balaban J connectivity index is 2.49. The molecule has 0 aromatic rings. The smallest absolute Gasteiger partial charge is 0.00933 e. The first-order valence-corrected chi connectivity index (χ1v) is 7.48. The average molecular weight is 240 g/mol. The lowest BCUT2D eigenvalue weighted by molar-refractivity contribution is 0.140. The summed E-state index contributed by atoms with van der Waals surface area (Å²) in [4.78, 5) is 2.73. The van der Waals surface area contributed by atoms with Gasteiger partial charge in [-0.25, -0.2) is 0 Å². The summed E-state index contributed by atoms with van der Waals surface area (Å²) in [5.74, 6) is 0. The lowest BCUT2D eigenvalue weighted by Crippen LogP contribution is -2.45. The molecule has 0 bridgehead atoms. The molecule has 0 radical (unpaired) electrons. The fourth-order valence-electron chi connectivity index (χ4n) is 2.80. The standard InChI is InChI=1S/C15H32N2/c1-6-14-9-8-10-17(14)12-15(5,7-2)11-16-13(3)4/h13-14,16H,6-12H2,1-5H3. The van der Waals surface area contributed by atoms with E-state index in [-0.39, 0.29) is 0 Å². The van der Waals surface area contributed by atoms with Gasteiger partial charge in [0.1, 0.15) is 0 Å². The van der Waals surface area contributed by atoms with Gasteiger partial charge in [-0.2, -0.15) is 0 Å². The van der Waals surface area contributed by atoms with Gasteiger partial charge in [-0.3, -0.25) is 4.90 Å². The monoisotopic (exact) mass is 240 g/mol. The van der Waals surface area contributed by atoms with Gasteiger partial charge in [0.2, 0.25) is 0 Å². The van der Waals surface area contributed by atoms with Crippen LogP contribution >= 0.6 is 0 Å². The number of nitrogens with zero attached hydrogens (tertiary/aromatic N) is 1. The molecule has 0 aromatic carbocycles. The van der Waals surface area contributed by atoms with Gasteiger partial charge in [0.05, 0.1) is 0 Å². The maximum atomic E-state index is 3.62. The van der Waals surface area contributed by atoms with E-state index >= 15 is 0 Å². The van der Waals surface area contributed by atoms with Gasteiger partial charge in [-0.05, 0) is 37.6 Å². The van der Waals surface area contributed by atoms with Crippen LogP contribution < -0.4 is 5.32 Å². The lowest BCUT2D eigenvalue weighted by atomic mass is 9.86. The molecule has 0 aliphatic carbocycles. The molecule has 1 fully saturated rings. The minimum absolute atomic E-state index is 0.433. The van der Waals surface area contributed by atoms with E-state index in [0.717, 1.165) is 12.6 Å². The Hall–Kier alpha value is -0.0800. The molecule has 1 rings (SSSR count). The molecule has 0 saturated carbocycles. The summed E-state index contributed by atoms with van der Waals surface area (Å²) in [6.45, 7) is 15.3. The molecule has 1 aliphatic rings. The van der Waals surface area contributed by atoms with E-state index in [1.165, 1.54) is 38.8 Å². The molecule has 102 valence electrons. The first-order valence-electron chi connectivity index (χ1n) is 7.48. The zero-order chi connectivity index (χ0) is 12.9. The summed E-state index contributed by atoms with van der Waals surface area (Å²) >= 11 is 0. The summed E-state index contributed by atoms with van der Waals surface area (Å²) in [5, 5.41) is 3.62. The molecule has 2 atom stereocenters. The predicted molar refractivity (Wildman–Crippen MR) is 76.4 cm³/mol. The minimum atomic E-state index is 0.433. The molecule has 1 aliphatic heterocycles. The third-order valence-electron chi connectivity index (χ3n) is 4.35. The van der Waals surface area contributed by atoms with Gasteiger partial charge in [0.15, 0.2) is 0 Å². The van der Waals surface area contributed by atoms with Crippen LogP contribution in [-0.2, 0) is 0 Å². The van der Waals surface area contributed by atoms with E-state index in [9.17, 15) is 0 Å². The third kappa shape index (κ3) is 4.59. The molecule has 1 N–H and O–H groups in total. The maximum Gasteiger partial charge on any atom is 0.00933 e. The van der Waals surface area contributed by atoms with Gasteiger partial charge in [0, 0.05) is 25.2 Å². The Bertz CT molecular complexity index is 215. The van der Waals surface area contributed by atoms with Crippen LogP contribution in [0.25, 0.3) is 0 Å². The molecular formula is C15H32N2. The van der Waals surface area contributed by atoms with Crippen molar-refractivity contribution in [2.45, 2.75) is 72.4 Å². The molecular weight excluding hydrogens is 208 g/mol. The van der Waals surface area contributed by atoms with Gasteiger partial charge in [-0.1, -0.05) is 34.6 Å². The first-order chi connectivity index (χ1) is 8.00. The Labute approximate surface area is 108 Å². The van der Waals surface area contributed by atoms with Crippen LogP contribution in [0.4, 0.5) is 0 Å². The fraction of sp³-hybridized carbons (Fsp3) is 1.00. The highest BCUT2D eigenvalue weighted by atomic mass is 15.2. The highest BCUT2D eigenvalue weighted by Crippen LogP contribution is 2.28. The third-order valence-corrected chi connectivity index (χ3v) is 4.35. The van der Waals surface area contributed by atoms with Crippen molar-refractivity contribution < 1.29 is 0 Å². The Morgan fingerprint density at radius 1 is 1.35 bits per heavy atom. The number of hydrogen-bond donors (Lipinski definition) is 1. The van der Waals surface area contributed by atoms with E-state index in [1.54, 1.807) is 0 Å². The van der Waals surface area contributed by atoms with Crippen molar-refractivity contribution >= 4 is 0 Å². The van der Waals surface area contributed by atoms with Crippen molar-refractivity contribution in [3.8, 4) is 0 Å². The second-order valence-corrected chi connectivity index (χ2v) is 6.37. The van der Waals surface area contributed by atoms with E-state index in [0.29, 0.717) is 11.5 Å². The zero-order valence-electron chi connectivity index (χ0n) is 12.6. The van der Waals surface area contributed by atoms with E-state index < -0.39 is 0 Å². The second-order valence-electron chi connectivity index (χ2n) is 6.37. The second kappa shape index (κ2) is 6.75. The van der Waals surface area contributed by atoms with E-state index in [1.807, 2.05) is 0 Å².